The lowest BCUT2D eigenvalue weighted by Gasteiger charge is -2.38. The summed E-state index contributed by atoms with van der Waals surface area (Å²) in [5, 5.41) is 2.46. The molecule has 5 nitrogen and oxygen atoms in total. The third kappa shape index (κ3) is 4.39. The van der Waals surface area contributed by atoms with E-state index in [1.54, 1.807) is 7.11 Å². The van der Waals surface area contributed by atoms with Crippen LogP contribution in [0.3, 0.4) is 0 Å². The van der Waals surface area contributed by atoms with E-state index in [4.69, 9.17) is 14.2 Å². The van der Waals surface area contributed by atoms with Crippen molar-refractivity contribution < 1.29 is 14.2 Å². The molecule has 0 radical (unpaired) electrons. The average molecular weight is 533 g/mol. The Kier molecular flexibility index (Phi) is 6.60. The van der Waals surface area contributed by atoms with E-state index in [0.29, 0.717) is 0 Å². The van der Waals surface area contributed by atoms with Crippen LogP contribution in [0.5, 0.6) is 11.5 Å². The molecule has 3 heterocycles. The van der Waals surface area contributed by atoms with Crippen molar-refractivity contribution in [3.05, 3.63) is 102 Å². The highest BCUT2D eigenvalue weighted by molar-refractivity contribution is 6.02. The van der Waals surface area contributed by atoms with Gasteiger partial charge in [0.05, 0.1) is 20.3 Å². The summed E-state index contributed by atoms with van der Waals surface area (Å²) in [5.41, 5.74) is 5.04. The summed E-state index contributed by atoms with van der Waals surface area (Å²) in [6.45, 7) is 5.49. The quantitative estimate of drug-likeness (QED) is 0.276. The van der Waals surface area contributed by atoms with E-state index in [1.807, 2.05) is 12.1 Å². The second-order valence-electron chi connectivity index (χ2n) is 10.9. The zero-order chi connectivity index (χ0) is 26.9. The summed E-state index contributed by atoms with van der Waals surface area (Å²) in [7, 11) is 1.70. The van der Waals surface area contributed by atoms with Gasteiger partial charge in [-0.25, -0.2) is 0 Å². The van der Waals surface area contributed by atoms with Gasteiger partial charge in [-0.1, -0.05) is 48.5 Å². The maximum absolute atomic E-state index is 7.19. The Bertz CT molecular complexity index is 1520. The molecule has 0 N–H and O–H groups in total. The van der Waals surface area contributed by atoms with Crippen LogP contribution in [0, 0.1) is 0 Å². The van der Waals surface area contributed by atoms with Gasteiger partial charge < -0.3 is 24.0 Å². The normalized spacial score (nSPS) is 20.7. The van der Waals surface area contributed by atoms with Crippen LogP contribution in [0.15, 0.2) is 84.9 Å². The first-order valence-corrected chi connectivity index (χ1v) is 14.5. The molecule has 0 bridgehead atoms. The van der Waals surface area contributed by atoms with Gasteiger partial charge in [-0.2, -0.15) is 0 Å². The minimum Gasteiger partial charge on any atom is -0.497 e. The number of morpholine rings is 1. The Labute approximate surface area is 236 Å². The molecule has 1 atom stereocenters. The van der Waals surface area contributed by atoms with Crippen molar-refractivity contribution >= 4 is 28.2 Å². The molecule has 0 spiro atoms. The number of rotatable bonds is 5. The first kappa shape index (κ1) is 25.0. The van der Waals surface area contributed by atoms with Gasteiger partial charge in [-0.15, -0.1) is 0 Å². The Morgan fingerprint density at radius 1 is 0.725 bits per heavy atom. The van der Waals surface area contributed by atoms with Crippen molar-refractivity contribution in [1.82, 2.24) is 0 Å². The van der Waals surface area contributed by atoms with E-state index in [9.17, 15) is 0 Å². The van der Waals surface area contributed by atoms with Crippen LogP contribution in [0.4, 0.5) is 11.4 Å². The molecular weight excluding hydrogens is 496 g/mol. The third-order valence-electron chi connectivity index (χ3n) is 8.67. The number of hydrogen-bond acceptors (Lipinski definition) is 5. The average Bonchev–Trinajstić information content (AvgIpc) is 3.05. The number of piperidine rings is 1. The minimum absolute atomic E-state index is 0.741. The molecule has 40 heavy (non-hydrogen) atoms. The standard InChI is InChI=1S/C35H36N2O3/c1-38-29-15-11-27(12-16-29)35(26-9-13-28(14-10-26)36-19-5-2-6-20-36)18-17-32-30-7-3-4-8-31(30)33(25-34(32)40-35)37-21-23-39-24-22-37/h3-4,7-18,25H,2,5-6,19-24H2,1H3. The van der Waals surface area contributed by atoms with Crippen molar-refractivity contribution in [3.63, 3.8) is 0 Å². The fraction of sp³-hybridized carbons (Fsp3) is 0.314. The molecule has 3 aliphatic rings. The van der Waals surface area contributed by atoms with Crippen LogP contribution in [0.25, 0.3) is 16.8 Å². The molecule has 3 aliphatic heterocycles. The number of nitrogens with zero attached hydrogens (tertiary/aromatic N) is 2. The first-order chi connectivity index (χ1) is 19.7. The summed E-state index contributed by atoms with van der Waals surface area (Å²) < 4.78 is 18.3. The lowest BCUT2D eigenvalue weighted by Crippen LogP contribution is -2.37. The number of benzene rings is 4. The maximum atomic E-state index is 7.19. The van der Waals surface area contributed by atoms with Gasteiger partial charge in [0.1, 0.15) is 11.5 Å². The van der Waals surface area contributed by atoms with Gasteiger partial charge in [0.25, 0.3) is 0 Å². The fourth-order valence-electron chi connectivity index (χ4n) is 6.47. The van der Waals surface area contributed by atoms with Gasteiger partial charge in [0.15, 0.2) is 5.60 Å². The van der Waals surface area contributed by atoms with Crippen LogP contribution >= 0.6 is 0 Å². The largest absolute Gasteiger partial charge is 0.497 e. The third-order valence-corrected chi connectivity index (χ3v) is 8.67. The van der Waals surface area contributed by atoms with Crippen LogP contribution in [0.1, 0.15) is 36.0 Å². The second kappa shape index (κ2) is 10.5. The number of anilines is 2. The van der Waals surface area contributed by atoms with Gasteiger partial charge in [-0.3, -0.25) is 0 Å². The highest BCUT2D eigenvalue weighted by atomic mass is 16.5. The number of hydrogen-bond donors (Lipinski definition) is 0. The maximum Gasteiger partial charge on any atom is 0.178 e. The molecule has 2 fully saturated rings. The number of methoxy groups -OCH3 is 1. The lowest BCUT2D eigenvalue weighted by atomic mass is 9.83. The Morgan fingerprint density at radius 3 is 2.10 bits per heavy atom. The molecule has 7 rings (SSSR count). The Morgan fingerprint density at radius 2 is 1.40 bits per heavy atom. The molecule has 0 aromatic heterocycles. The van der Waals surface area contributed by atoms with Crippen LogP contribution < -0.4 is 19.3 Å². The highest BCUT2D eigenvalue weighted by Gasteiger charge is 2.38. The summed E-state index contributed by atoms with van der Waals surface area (Å²) in [5.74, 6) is 1.73. The fourth-order valence-corrected chi connectivity index (χ4v) is 6.47. The van der Waals surface area contributed by atoms with E-state index in [-0.39, 0.29) is 0 Å². The van der Waals surface area contributed by atoms with E-state index < -0.39 is 5.60 Å². The lowest BCUT2D eigenvalue weighted by molar-refractivity contribution is 0.122. The molecule has 4 aromatic rings. The molecule has 204 valence electrons. The van der Waals surface area contributed by atoms with E-state index in [0.717, 1.165) is 67.6 Å². The summed E-state index contributed by atoms with van der Waals surface area (Å²) in [6, 6.07) is 28.2. The van der Waals surface area contributed by atoms with Crippen LogP contribution in [-0.4, -0.2) is 46.5 Å². The molecule has 5 heteroatoms. The van der Waals surface area contributed by atoms with Crippen LogP contribution in [0.2, 0.25) is 0 Å². The molecule has 1 unspecified atom stereocenters. The first-order valence-electron chi connectivity index (χ1n) is 14.5. The number of ether oxygens (including phenoxy) is 3. The van der Waals surface area contributed by atoms with Crippen molar-refractivity contribution in [1.29, 1.82) is 0 Å². The number of fused-ring (bicyclic) bond motifs is 3. The Balaban J connectivity index is 1.35. The van der Waals surface area contributed by atoms with Crippen molar-refractivity contribution in [2.45, 2.75) is 24.9 Å². The second-order valence-corrected chi connectivity index (χ2v) is 10.9. The molecule has 0 aliphatic carbocycles. The highest BCUT2D eigenvalue weighted by Crippen LogP contribution is 2.47. The molecule has 4 aromatic carbocycles. The zero-order valence-corrected chi connectivity index (χ0v) is 23.1. The van der Waals surface area contributed by atoms with E-state index in [1.165, 1.54) is 41.4 Å². The SMILES string of the molecule is COc1ccc(C2(c3ccc(N4CCCCC4)cc3)C=Cc3c(cc(N4CCOCC4)c4ccccc34)O2)cc1. The van der Waals surface area contributed by atoms with Crippen molar-refractivity contribution in [2.75, 3.05) is 56.3 Å². The van der Waals surface area contributed by atoms with E-state index >= 15 is 0 Å². The van der Waals surface area contributed by atoms with Gasteiger partial charge in [0, 0.05) is 65.7 Å². The zero-order valence-electron chi connectivity index (χ0n) is 23.1. The van der Waals surface area contributed by atoms with Crippen LogP contribution in [-0.2, 0) is 10.3 Å². The summed E-state index contributed by atoms with van der Waals surface area (Å²) in [4.78, 5) is 4.93. The van der Waals surface area contributed by atoms with Gasteiger partial charge in [-0.05, 0) is 61.1 Å². The van der Waals surface area contributed by atoms with Gasteiger partial charge in [0.2, 0.25) is 0 Å². The van der Waals surface area contributed by atoms with Crippen molar-refractivity contribution in [3.8, 4) is 11.5 Å². The molecule has 0 saturated carbocycles. The summed E-state index contributed by atoms with van der Waals surface area (Å²) in [6.07, 6.45) is 8.34. The van der Waals surface area contributed by atoms with Gasteiger partial charge >= 0.3 is 0 Å². The Hall–Kier alpha value is -3.96. The monoisotopic (exact) mass is 532 g/mol. The molecule has 2 saturated heterocycles. The predicted molar refractivity (Wildman–Crippen MR) is 163 cm³/mol. The van der Waals surface area contributed by atoms with Crippen molar-refractivity contribution in [2.24, 2.45) is 0 Å². The smallest absolute Gasteiger partial charge is 0.178 e. The summed E-state index contributed by atoms with van der Waals surface area (Å²) >= 11 is 0. The van der Waals surface area contributed by atoms with E-state index in [2.05, 4.69) is 88.7 Å². The minimum atomic E-state index is -0.759. The molecular formula is C35H36N2O3. The predicted octanol–water partition coefficient (Wildman–Crippen LogP) is 7.02. The topological polar surface area (TPSA) is 34.2 Å². The molecule has 0 amide bonds.